The molecule has 1 rings (SSSR count). The average molecular weight is 301 g/mol. The smallest absolute Gasteiger partial charge is 0.303 e. The fraction of sp³-hybridized carbons (Fsp3) is 0.462. The van der Waals surface area contributed by atoms with Crippen LogP contribution in [0.25, 0.3) is 0 Å². The van der Waals surface area contributed by atoms with Gasteiger partial charge in [0.15, 0.2) is 0 Å². The number of carboxylic acid groups (broad SMARTS) is 1. The zero-order valence-electron chi connectivity index (χ0n) is 10.3. The maximum Gasteiger partial charge on any atom is 0.303 e. The minimum atomic E-state index is -0.756. The van der Waals surface area contributed by atoms with Crippen LogP contribution in [0.5, 0.6) is 5.75 Å². The standard InChI is InChI=1S/C13H17BrO3/c1-8-7-11(14)9(2)10(13(8)17-3)5-4-6-12(15)16/h7H,4-6H2,1-3H3,(H,15,16). The van der Waals surface area contributed by atoms with E-state index < -0.39 is 5.97 Å². The normalized spacial score (nSPS) is 10.4. The van der Waals surface area contributed by atoms with Gasteiger partial charge in [-0.15, -0.1) is 0 Å². The van der Waals surface area contributed by atoms with Crippen LogP contribution in [-0.2, 0) is 11.2 Å². The Balaban J connectivity index is 2.99. The van der Waals surface area contributed by atoms with Crippen LogP contribution in [0.15, 0.2) is 10.5 Å². The van der Waals surface area contributed by atoms with Crippen molar-refractivity contribution in [2.75, 3.05) is 7.11 Å². The van der Waals surface area contributed by atoms with Gasteiger partial charge in [-0.2, -0.15) is 0 Å². The van der Waals surface area contributed by atoms with Gasteiger partial charge in [-0.05, 0) is 49.4 Å². The summed E-state index contributed by atoms with van der Waals surface area (Å²) in [5.74, 6) is 0.115. The van der Waals surface area contributed by atoms with E-state index in [9.17, 15) is 4.79 Å². The molecule has 0 radical (unpaired) electrons. The van der Waals surface area contributed by atoms with Crippen molar-refractivity contribution in [3.8, 4) is 5.75 Å². The first-order chi connectivity index (χ1) is 7.97. The van der Waals surface area contributed by atoms with E-state index in [1.807, 2.05) is 19.9 Å². The molecule has 0 heterocycles. The van der Waals surface area contributed by atoms with Crippen LogP contribution >= 0.6 is 15.9 Å². The summed E-state index contributed by atoms with van der Waals surface area (Å²) in [6.07, 6.45) is 1.54. The molecule has 0 atom stereocenters. The fourth-order valence-corrected chi connectivity index (χ4v) is 2.50. The van der Waals surface area contributed by atoms with Crippen LogP contribution in [0, 0.1) is 13.8 Å². The highest BCUT2D eigenvalue weighted by Crippen LogP contribution is 2.33. The Morgan fingerprint density at radius 1 is 1.47 bits per heavy atom. The highest BCUT2D eigenvalue weighted by atomic mass is 79.9. The number of aryl methyl sites for hydroxylation is 1. The summed E-state index contributed by atoms with van der Waals surface area (Å²) in [7, 11) is 1.65. The number of carbonyl (C=O) groups is 1. The second-order valence-electron chi connectivity index (χ2n) is 4.06. The lowest BCUT2D eigenvalue weighted by molar-refractivity contribution is -0.137. The van der Waals surface area contributed by atoms with Crippen molar-refractivity contribution in [3.63, 3.8) is 0 Å². The molecule has 0 unspecified atom stereocenters. The first kappa shape index (κ1) is 14.0. The number of rotatable bonds is 5. The maximum absolute atomic E-state index is 10.5. The zero-order chi connectivity index (χ0) is 13.0. The van der Waals surface area contributed by atoms with Crippen molar-refractivity contribution in [1.29, 1.82) is 0 Å². The number of hydrogen-bond acceptors (Lipinski definition) is 2. The summed E-state index contributed by atoms with van der Waals surface area (Å²) >= 11 is 3.51. The molecule has 0 saturated carbocycles. The van der Waals surface area contributed by atoms with Gasteiger partial charge >= 0.3 is 5.97 Å². The Morgan fingerprint density at radius 3 is 2.65 bits per heavy atom. The third-order valence-electron chi connectivity index (χ3n) is 2.81. The van der Waals surface area contributed by atoms with Crippen LogP contribution in [0.2, 0.25) is 0 Å². The molecule has 4 heteroatoms. The Kier molecular flexibility index (Phi) is 5.00. The summed E-state index contributed by atoms with van der Waals surface area (Å²) in [5.41, 5.74) is 3.29. The average Bonchev–Trinajstić information content (AvgIpc) is 2.24. The highest BCUT2D eigenvalue weighted by molar-refractivity contribution is 9.10. The minimum absolute atomic E-state index is 0.189. The number of benzene rings is 1. The molecule has 0 aliphatic heterocycles. The molecular weight excluding hydrogens is 284 g/mol. The third-order valence-corrected chi connectivity index (χ3v) is 3.63. The fourth-order valence-electron chi connectivity index (χ4n) is 1.92. The molecular formula is C13H17BrO3. The van der Waals surface area contributed by atoms with Crippen LogP contribution in [0.3, 0.4) is 0 Å². The summed E-state index contributed by atoms with van der Waals surface area (Å²) in [6, 6.07) is 2.02. The predicted octanol–water partition coefficient (Wildman–Crippen LogP) is 3.48. The molecule has 94 valence electrons. The van der Waals surface area contributed by atoms with Gasteiger partial charge in [0, 0.05) is 10.9 Å². The molecule has 3 nitrogen and oxygen atoms in total. The van der Waals surface area contributed by atoms with Gasteiger partial charge in [-0.3, -0.25) is 4.79 Å². The second kappa shape index (κ2) is 6.05. The molecule has 17 heavy (non-hydrogen) atoms. The lowest BCUT2D eigenvalue weighted by Gasteiger charge is -2.15. The highest BCUT2D eigenvalue weighted by Gasteiger charge is 2.13. The molecule has 0 spiro atoms. The van der Waals surface area contributed by atoms with E-state index in [4.69, 9.17) is 9.84 Å². The molecule has 0 fully saturated rings. The molecule has 0 amide bonds. The van der Waals surface area contributed by atoms with Gasteiger partial charge in [-0.25, -0.2) is 0 Å². The van der Waals surface area contributed by atoms with Crippen molar-refractivity contribution in [3.05, 3.63) is 27.2 Å². The van der Waals surface area contributed by atoms with Crippen LogP contribution in [-0.4, -0.2) is 18.2 Å². The first-order valence-electron chi connectivity index (χ1n) is 5.51. The number of aliphatic carboxylic acids is 1. The van der Waals surface area contributed by atoms with E-state index in [0.29, 0.717) is 6.42 Å². The van der Waals surface area contributed by atoms with E-state index in [0.717, 1.165) is 33.3 Å². The first-order valence-corrected chi connectivity index (χ1v) is 6.31. The van der Waals surface area contributed by atoms with Crippen molar-refractivity contribution in [2.45, 2.75) is 33.1 Å². The Bertz CT molecular complexity index is 427. The molecule has 0 aliphatic rings. The van der Waals surface area contributed by atoms with Crippen LogP contribution in [0.4, 0.5) is 0 Å². The summed E-state index contributed by atoms with van der Waals surface area (Å²) < 4.78 is 6.44. The second-order valence-corrected chi connectivity index (χ2v) is 4.91. The van der Waals surface area contributed by atoms with Gasteiger partial charge in [-0.1, -0.05) is 15.9 Å². The van der Waals surface area contributed by atoms with E-state index >= 15 is 0 Å². The summed E-state index contributed by atoms with van der Waals surface area (Å²) in [4.78, 5) is 10.5. The van der Waals surface area contributed by atoms with E-state index in [-0.39, 0.29) is 6.42 Å². The van der Waals surface area contributed by atoms with Crippen LogP contribution in [0.1, 0.15) is 29.5 Å². The summed E-state index contributed by atoms with van der Waals surface area (Å²) in [6.45, 7) is 4.01. The van der Waals surface area contributed by atoms with Gasteiger partial charge in [0.1, 0.15) is 5.75 Å². The van der Waals surface area contributed by atoms with Gasteiger partial charge in [0.05, 0.1) is 7.11 Å². The topological polar surface area (TPSA) is 46.5 Å². The zero-order valence-corrected chi connectivity index (χ0v) is 11.9. The number of halogens is 1. The molecule has 1 N–H and O–H groups in total. The molecule has 0 bridgehead atoms. The molecule has 1 aromatic carbocycles. The molecule has 0 saturated heterocycles. The Morgan fingerprint density at radius 2 is 2.12 bits per heavy atom. The SMILES string of the molecule is COc1c(C)cc(Br)c(C)c1CCCC(=O)O. The number of carboxylic acids is 1. The molecule has 0 aromatic heterocycles. The Hall–Kier alpha value is -1.03. The number of ether oxygens (including phenoxy) is 1. The lowest BCUT2D eigenvalue weighted by atomic mass is 9.99. The monoisotopic (exact) mass is 300 g/mol. The molecule has 1 aromatic rings. The van der Waals surface area contributed by atoms with E-state index in [1.54, 1.807) is 7.11 Å². The van der Waals surface area contributed by atoms with Crippen molar-refractivity contribution in [1.82, 2.24) is 0 Å². The van der Waals surface area contributed by atoms with E-state index in [2.05, 4.69) is 15.9 Å². The number of methoxy groups -OCH3 is 1. The van der Waals surface area contributed by atoms with Gasteiger partial charge in [0.25, 0.3) is 0 Å². The van der Waals surface area contributed by atoms with Crippen molar-refractivity contribution in [2.24, 2.45) is 0 Å². The minimum Gasteiger partial charge on any atom is -0.496 e. The van der Waals surface area contributed by atoms with E-state index in [1.165, 1.54) is 0 Å². The van der Waals surface area contributed by atoms with Gasteiger partial charge in [0.2, 0.25) is 0 Å². The molecule has 0 aliphatic carbocycles. The van der Waals surface area contributed by atoms with Crippen molar-refractivity contribution < 1.29 is 14.6 Å². The maximum atomic E-state index is 10.5. The lowest BCUT2D eigenvalue weighted by Crippen LogP contribution is -2.01. The van der Waals surface area contributed by atoms with Gasteiger partial charge < -0.3 is 9.84 Å². The predicted molar refractivity (Wildman–Crippen MR) is 70.7 cm³/mol. The third kappa shape index (κ3) is 3.46. The van der Waals surface area contributed by atoms with Crippen LogP contribution < -0.4 is 4.74 Å². The van der Waals surface area contributed by atoms with Crippen molar-refractivity contribution >= 4 is 21.9 Å². The largest absolute Gasteiger partial charge is 0.496 e. The Labute approximate surface area is 110 Å². The quantitative estimate of drug-likeness (QED) is 0.905. The summed E-state index contributed by atoms with van der Waals surface area (Å²) in [5, 5.41) is 8.66. The number of hydrogen-bond donors (Lipinski definition) is 1.